The summed E-state index contributed by atoms with van der Waals surface area (Å²) in [6.45, 7) is 0. The molecular weight excluding hydrogens is 663 g/mol. The van der Waals surface area contributed by atoms with Gasteiger partial charge in [-0.3, -0.25) is 0 Å². The lowest BCUT2D eigenvalue weighted by Crippen LogP contribution is -2.00. The molecule has 0 aliphatic rings. The van der Waals surface area contributed by atoms with Gasteiger partial charge in [0, 0.05) is 36.9 Å². The van der Waals surface area contributed by atoms with Gasteiger partial charge in [-0.25, -0.2) is 15.0 Å². The van der Waals surface area contributed by atoms with E-state index in [9.17, 15) is 0 Å². The van der Waals surface area contributed by atoms with Gasteiger partial charge in [0.25, 0.3) is 0 Å². The van der Waals surface area contributed by atoms with Crippen LogP contribution in [0.15, 0.2) is 188 Å². The number of thiophene rings is 1. The molecule has 0 bridgehead atoms. The Balaban J connectivity index is 1.08. The summed E-state index contributed by atoms with van der Waals surface area (Å²) < 4.78 is 2.61. The Morgan fingerprint density at radius 1 is 0.283 bits per heavy atom. The van der Waals surface area contributed by atoms with Gasteiger partial charge in [-0.1, -0.05) is 164 Å². The predicted molar refractivity (Wildman–Crippen MR) is 223 cm³/mol. The van der Waals surface area contributed by atoms with Crippen LogP contribution in [0.5, 0.6) is 0 Å². The van der Waals surface area contributed by atoms with Crippen molar-refractivity contribution >= 4 is 42.3 Å². The van der Waals surface area contributed by atoms with Gasteiger partial charge in [-0.15, -0.1) is 11.3 Å². The molecular formula is C49H31N3S. The zero-order valence-electron chi connectivity index (χ0n) is 28.6. The number of aromatic nitrogens is 3. The monoisotopic (exact) mass is 693 g/mol. The molecule has 53 heavy (non-hydrogen) atoms. The molecule has 3 nitrogen and oxygen atoms in total. The summed E-state index contributed by atoms with van der Waals surface area (Å²) in [7, 11) is 0. The van der Waals surface area contributed by atoms with Gasteiger partial charge in [0.05, 0.1) is 0 Å². The van der Waals surface area contributed by atoms with E-state index in [1.54, 1.807) is 0 Å². The minimum atomic E-state index is 0.638. The van der Waals surface area contributed by atoms with Crippen molar-refractivity contribution in [3.8, 4) is 67.5 Å². The van der Waals surface area contributed by atoms with Crippen LogP contribution in [0.1, 0.15) is 0 Å². The minimum Gasteiger partial charge on any atom is -0.208 e. The average Bonchev–Trinajstić information content (AvgIpc) is 3.62. The lowest BCUT2D eigenvalue weighted by molar-refractivity contribution is 1.08. The summed E-state index contributed by atoms with van der Waals surface area (Å²) >= 11 is 1.84. The molecule has 248 valence electrons. The van der Waals surface area contributed by atoms with Crippen LogP contribution >= 0.6 is 11.3 Å². The number of nitrogens with zero attached hydrogens (tertiary/aromatic N) is 3. The molecule has 0 N–H and O–H groups in total. The third kappa shape index (κ3) is 5.85. The first-order valence-corrected chi connectivity index (χ1v) is 18.6. The fourth-order valence-corrected chi connectivity index (χ4v) is 8.37. The van der Waals surface area contributed by atoms with Crippen LogP contribution in [-0.4, -0.2) is 15.0 Å². The van der Waals surface area contributed by atoms with Gasteiger partial charge in [-0.2, -0.15) is 0 Å². The number of rotatable bonds is 6. The van der Waals surface area contributed by atoms with E-state index < -0.39 is 0 Å². The quantitative estimate of drug-likeness (QED) is 0.174. The average molecular weight is 694 g/mol. The first kappa shape index (κ1) is 31.0. The van der Waals surface area contributed by atoms with Crippen molar-refractivity contribution < 1.29 is 0 Å². The standard InChI is InChI=1S/C49H31N3S/c1-3-11-32(12-4-1)36-15-9-17-40(30-36)48-50-47(35-23-21-34(22-24-35)38-26-28-43-42-18-7-8-20-45(42)53-46(43)31-38)51-49(52-48)44-19-10-16-39-29-37(25-27-41(39)44)33-13-5-2-6-14-33/h1-31H. The fourth-order valence-electron chi connectivity index (χ4n) is 7.23. The van der Waals surface area contributed by atoms with Crippen molar-refractivity contribution in [2.75, 3.05) is 0 Å². The van der Waals surface area contributed by atoms with Crippen molar-refractivity contribution in [1.82, 2.24) is 15.0 Å². The molecule has 0 radical (unpaired) electrons. The highest BCUT2D eigenvalue weighted by atomic mass is 32.1. The first-order valence-electron chi connectivity index (χ1n) is 17.8. The first-order chi connectivity index (χ1) is 26.2. The van der Waals surface area contributed by atoms with Gasteiger partial charge in [0.15, 0.2) is 17.5 Å². The Kier molecular flexibility index (Phi) is 7.67. The predicted octanol–water partition coefficient (Wildman–Crippen LogP) is 13.4. The number of fused-ring (bicyclic) bond motifs is 4. The van der Waals surface area contributed by atoms with Crippen LogP contribution in [0.25, 0.3) is 98.5 Å². The molecule has 0 saturated heterocycles. The molecule has 0 unspecified atom stereocenters. The molecule has 10 aromatic rings. The minimum absolute atomic E-state index is 0.638. The molecule has 8 aromatic carbocycles. The molecule has 10 rings (SSSR count). The Morgan fingerprint density at radius 2 is 0.792 bits per heavy atom. The molecule has 2 aromatic heterocycles. The molecule has 2 heterocycles. The van der Waals surface area contributed by atoms with Crippen LogP contribution in [0.3, 0.4) is 0 Å². The Morgan fingerprint density at radius 3 is 1.57 bits per heavy atom. The Bertz CT molecular complexity index is 2930. The maximum Gasteiger partial charge on any atom is 0.164 e. The highest BCUT2D eigenvalue weighted by molar-refractivity contribution is 7.25. The van der Waals surface area contributed by atoms with Crippen molar-refractivity contribution in [3.05, 3.63) is 188 Å². The van der Waals surface area contributed by atoms with Gasteiger partial charge in [-0.05, 0) is 68.4 Å². The molecule has 0 aliphatic carbocycles. The summed E-state index contributed by atoms with van der Waals surface area (Å²) in [5, 5.41) is 4.85. The number of hydrogen-bond donors (Lipinski definition) is 0. The zero-order chi connectivity index (χ0) is 35.1. The van der Waals surface area contributed by atoms with E-state index in [0.717, 1.165) is 44.2 Å². The van der Waals surface area contributed by atoms with E-state index in [-0.39, 0.29) is 0 Å². The fraction of sp³-hybridized carbons (Fsp3) is 0. The molecule has 0 saturated carbocycles. The van der Waals surface area contributed by atoms with Gasteiger partial charge in [0.2, 0.25) is 0 Å². The molecule has 0 spiro atoms. The van der Waals surface area contributed by atoms with E-state index in [1.807, 2.05) is 23.5 Å². The maximum absolute atomic E-state index is 5.16. The van der Waals surface area contributed by atoms with E-state index in [4.69, 9.17) is 15.0 Å². The van der Waals surface area contributed by atoms with Crippen LogP contribution in [0.4, 0.5) is 0 Å². The topological polar surface area (TPSA) is 38.7 Å². The van der Waals surface area contributed by atoms with Crippen molar-refractivity contribution in [2.45, 2.75) is 0 Å². The second-order valence-corrected chi connectivity index (χ2v) is 14.3. The highest BCUT2D eigenvalue weighted by Crippen LogP contribution is 2.37. The smallest absolute Gasteiger partial charge is 0.164 e. The van der Waals surface area contributed by atoms with Crippen LogP contribution in [-0.2, 0) is 0 Å². The second-order valence-electron chi connectivity index (χ2n) is 13.2. The van der Waals surface area contributed by atoms with Crippen molar-refractivity contribution in [1.29, 1.82) is 0 Å². The van der Waals surface area contributed by atoms with Crippen molar-refractivity contribution in [2.24, 2.45) is 0 Å². The summed E-state index contributed by atoms with van der Waals surface area (Å²) in [4.78, 5) is 15.4. The van der Waals surface area contributed by atoms with Crippen LogP contribution < -0.4 is 0 Å². The summed E-state index contributed by atoms with van der Waals surface area (Å²) in [5.41, 5.74) is 9.83. The molecule has 0 aliphatic heterocycles. The van der Waals surface area contributed by atoms with E-state index in [2.05, 4.69) is 176 Å². The van der Waals surface area contributed by atoms with Gasteiger partial charge in [0.1, 0.15) is 0 Å². The molecule has 0 fully saturated rings. The number of benzene rings is 8. The summed E-state index contributed by atoms with van der Waals surface area (Å²) in [5.74, 6) is 1.92. The third-order valence-corrected chi connectivity index (χ3v) is 11.1. The lowest BCUT2D eigenvalue weighted by atomic mass is 9.98. The van der Waals surface area contributed by atoms with E-state index in [0.29, 0.717) is 17.5 Å². The van der Waals surface area contributed by atoms with Crippen LogP contribution in [0, 0.1) is 0 Å². The van der Waals surface area contributed by atoms with Crippen LogP contribution in [0.2, 0.25) is 0 Å². The van der Waals surface area contributed by atoms with Gasteiger partial charge >= 0.3 is 0 Å². The molecule has 0 atom stereocenters. The highest BCUT2D eigenvalue weighted by Gasteiger charge is 2.16. The number of hydrogen-bond acceptors (Lipinski definition) is 4. The largest absolute Gasteiger partial charge is 0.208 e. The normalized spacial score (nSPS) is 11.4. The molecule has 4 heteroatoms. The lowest BCUT2D eigenvalue weighted by Gasteiger charge is -2.12. The third-order valence-electron chi connectivity index (χ3n) is 9.95. The summed E-state index contributed by atoms with van der Waals surface area (Å²) in [6, 6.07) is 66.4. The van der Waals surface area contributed by atoms with Crippen molar-refractivity contribution in [3.63, 3.8) is 0 Å². The molecule has 0 amide bonds. The maximum atomic E-state index is 5.16. The zero-order valence-corrected chi connectivity index (χ0v) is 29.5. The van der Waals surface area contributed by atoms with E-state index in [1.165, 1.54) is 36.9 Å². The Labute approximate surface area is 311 Å². The van der Waals surface area contributed by atoms with E-state index >= 15 is 0 Å². The SMILES string of the molecule is c1ccc(-c2cccc(-c3nc(-c4ccc(-c5ccc6c(c5)sc5ccccc56)cc4)nc(-c4cccc5cc(-c6ccccc6)ccc45)n3)c2)cc1. The van der Waals surface area contributed by atoms with Gasteiger partial charge < -0.3 is 0 Å². The summed E-state index contributed by atoms with van der Waals surface area (Å²) in [6.07, 6.45) is 0. The second kappa shape index (κ2) is 13.1. The Hall–Kier alpha value is -6.75.